The molecule has 0 saturated heterocycles. The van der Waals surface area contributed by atoms with Crippen LogP contribution < -0.4 is 0 Å². The van der Waals surface area contributed by atoms with Crippen LogP contribution in [0.4, 0.5) is 4.39 Å². The zero-order chi connectivity index (χ0) is 40.5. The number of halogens is 1. The lowest BCUT2D eigenvalue weighted by molar-refractivity contribution is 0.630. The normalized spacial score (nSPS) is 11.4. The number of fused-ring (bicyclic) bond motifs is 6. The van der Waals surface area contributed by atoms with E-state index in [1.54, 1.807) is 12.1 Å². The van der Waals surface area contributed by atoms with E-state index in [0.717, 1.165) is 65.9 Å². The number of aryl methyl sites for hydroxylation is 4. The topological polar surface area (TPSA) is 57.4 Å². The molecule has 0 bridgehead atoms. The number of nitrogens with zero attached hydrogens (tertiary/aromatic N) is 4. The highest BCUT2D eigenvalue weighted by molar-refractivity contribution is 6.13. The van der Waals surface area contributed by atoms with Gasteiger partial charge in [0, 0.05) is 32.7 Å². The third-order valence-electron chi connectivity index (χ3n) is 11.5. The Morgan fingerprint density at radius 2 is 0.847 bits per heavy atom. The highest BCUT2D eigenvalue weighted by Crippen LogP contribution is 2.44. The number of para-hydroxylation sites is 2. The van der Waals surface area contributed by atoms with Crippen molar-refractivity contribution in [2.45, 2.75) is 27.7 Å². The summed E-state index contributed by atoms with van der Waals surface area (Å²) in [5, 5.41) is 24.8. The van der Waals surface area contributed by atoms with Gasteiger partial charge in [0.15, 0.2) is 0 Å². The quantitative estimate of drug-likeness (QED) is 0.175. The monoisotopic (exact) mass is 760 g/mol. The molecule has 0 amide bonds. The summed E-state index contributed by atoms with van der Waals surface area (Å²) < 4.78 is 21.3. The van der Waals surface area contributed by atoms with Crippen molar-refractivity contribution < 1.29 is 4.39 Å². The first-order valence-electron chi connectivity index (χ1n) is 19.7. The van der Waals surface area contributed by atoms with E-state index in [0.29, 0.717) is 28.1 Å². The van der Waals surface area contributed by atoms with Gasteiger partial charge >= 0.3 is 0 Å². The lowest BCUT2D eigenvalue weighted by atomic mass is 9.96. The number of hydrogen-bond donors (Lipinski definition) is 0. The van der Waals surface area contributed by atoms with E-state index in [4.69, 9.17) is 0 Å². The van der Waals surface area contributed by atoms with Crippen molar-refractivity contribution in [2.24, 2.45) is 0 Å². The van der Waals surface area contributed by atoms with Crippen LogP contribution in [0, 0.1) is 56.2 Å². The molecule has 0 aliphatic carbocycles. The van der Waals surface area contributed by atoms with E-state index in [1.807, 2.05) is 36.4 Å². The van der Waals surface area contributed by atoms with Crippen LogP contribution in [0.3, 0.4) is 0 Å². The SMILES string of the molecule is Cc1cc(C)cc(-c2ccc3c4ccccc4n(-c4cc(C#N)cc(-n5c6ccccc6c6ccc(-c7cc(C)cc(C)c7)cc65)c4-c4ccc(C#N)cc4F)c3c2)c1. The molecule has 0 aliphatic heterocycles. The Labute approximate surface area is 341 Å². The smallest absolute Gasteiger partial charge is 0.132 e. The summed E-state index contributed by atoms with van der Waals surface area (Å²) >= 11 is 0. The Morgan fingerprint density at radius 1 is 0.407 bits per heavy atom. The van der Waals surface area contributed by atoms with Crippen molar-refractivity contribution in [3.05, 3.63) is 191 Å². The lowest BCUT2D eigenvalue weighted by Gasteiger charge is -2.21. The molecule has 0 spiro atoms. The van der Waals surface area contributed by atoms with Crippen LogP contribution in [0.25, 0.3) is 88.4 Å². The summed E-state index contributed by atoms with van der Waals surface area (Å²) in [5.41, 5.74) is 15.6. The fourth-order valence-corrected chi connectivity index (χ4v) is 9.19. The van der Waals surface area contributed by atoms with Crippen molar-refractivity contribution in [1.29, 1.82) is 10.5 Å². The van der Waals surface area contributed by atoms with E-state index in [1.165, 1.54) is 28.3 Å². The maximum absolute atomic E-state index is 16.9. The van der Waals surface area contributed by atoms with Gasteiger partial charge in [-0.1, -0.05) is 119 Å². The first kappa shape index (κ1) is 35.7. The molecular weight excluding hydrogens is 724 g/mol. The summed E-state index contributed by atoms with van der Waals surface area (Å²) in [7, 11) is 0. The van der Waals surface area contributed by atoms with Crippen molar-refractivity contribution in [1.82, 2.24) is 9.13 Å². The number of benzene rings is 8. The predicted molar refractivity (Wildman–Crippen MR) is 240 cm³/mol. The van der Waals surface area contributed by atoms with Gasteiger partial charge in [-0.3, -0.25) is 0 Å². The van der Waals surface area contributed by atoms with E-state index in [2.05, 4.69) is 146 Å². The van der Waals surface area contributed by atoms with E-state index in [9.17, 15) is 10.5 Å². The predicted octanol–water partition coefficient (Wildman–Crippen LogP) is 14.0. The molecule has 2 aromatic heterocycles. The highest BCUT2D eigenvalue weighted by atomic mass is 19.1. The van der Waals surface area contributed by atoms with Crippen molar-refractivity contribution in [2.75, 3.05) is 0 Å². The molecule has 280 valence electrons. The molecule has 10 rings (SSSR count). The van der Waals surface area contributed by atoms with Crippen LogP contribution >= 0.6 is 0 Å². The third kappa shape index (κ3) is 5.87. The Morgan fingerprint density at radius 3 is 1.29 bits per heavy atom. The first-order chi connectivity index (χ1) is 28.7. The second-order valence-electron chi connectivity index (χ2n) is 15.7. The fraction of sp³-hybridized carbons (Fsp3) is 0.0741. The van der Waals surface area contributed by atoms with E-state index < -0.39 is 5.82 Å². The zero-order valence-corrected chi connectivity index (χ0v) is 33.1. The van der Waals surface area contributed by atoms with Crippen molar-refractivity contribution >= 4 is 43.6 Å². The standard InChI is InChI=1S/C54H37FN4/c1-32-19-33(2)22-40(21-32)38-14-17-44-42-9-5-7-11-48(42)58(50(44)28-38)52-26-37(31-57)27-53(54(52)46-16-13-36(30-56)25-47(46)55)59-49-12-8-6-10-43(49)45-18-15-39(29-51(45)59)41-23-34(3)20-35(4)24-41/h5-29H,1-4H3. The number of nitriles is 2. The first-order valence-corrected chi connectivity index (χ1v) is 19.7. The molecule has 0 aliphatic rings. The van der Waals surface area contributed by atoms with Gasteiger partial charge in [0.1, 0.15) is 5.82 Å². The van der Waals surface area contributed by atoms with Crippen LogP contribution in [0.5, 0.6) is 0 Å². The average Bonchev–Trinajstić information content (AvgIpc) is 3.74. The molecule has 2 heterocycles. The maximum atomic E-state index is 16.9. The second-order valence-corrected chi connectivity index (χ2v) is 15.7. The van der Waals surface area contributed by atoms with Gasteiger partial charge < -0.3 is 9.13 Å². The number of aromatic nitrogens is 2. The van der Waals surface area contributed by atoms with Crippen LogP contribution in [0.2, 0.25) is 0 Å². The van der Waals surface area contributed by atoms with E-state index in [-0.39, 0.29) is 5.56 Å². The van der Waals surface area contributed by atoms with Crippen LogP contribution in [0.15, 0.2) is 152 Å². The van der Waals surface area contributed by atoms with Crippen LogP contribution in [-0.4, -0.2) is 9.13 Å². The molecule has 10 aromatic rings. The molecule has 0 unspecified atom stereocenters. The number of hydrogen-bond acceptors (Lipinski definition) is 2. The molecule has 0 saturated carbocycles. The van der Waals surface area contributed by atoms with Gasteiger partial charge in [-0.2, -0.15) is 10.5 Å². The van der Waals surface area contributed by atoms with Gasteiger partial charge in [0.2, 0.25) is 0 Å². The van der Waals surface area contributed by atoms with Gasteiger partial charge in [-0.25, -0.2) is 4.39 Å². The van der Waals surface area contributed by atoms with Gasteiger partial charge in [-0.05, 0) is 105 Å². The van der Waals surface area contributed by atoms with Gasteiger partial charge in [0.25, 0.3) is 0 Å². The van der Waals surface area contributed by atoms with Gasteiger partial charge in [0.05, 0.1) is 56.7 Å². The summed E-state index contributed by atoms with van der Waals surface area (Å²) in [6.07, 6.45) is 0. The van der Waals surface area contributed by atoms with Gasteiger partial charge in [-0.15, -0.1) is 0 Å². The Hall–Kier alpha value is -7.73. The Balaban J connectivity index is 1.37. The Kier molecular flexibility index (Phi) is 8.30. The zero-order valence-electron chi connectivity index (χ0n) is 33.1. The van der Waals surface area contributed by atoms with Crippen LogP contribution in [-0.2, 0) is 0 Å². The number of rotatable bonds is 5. The highest BCUT2D eigenvalue weighted by Gasteiger charge is 2.25. The summed E-state index contributed by atoms with van der Waals surface area (Å²) in [5.74, 6) is -0.523. The maximum Gasteiger partial charge on any atom is 0.132 e. The minimum atomic E-state index is -0.523. The molecule has 0 atom stereocenters. The molecular formula is C54H37FN4. The molecule has 0 radical (unpaired) electrons. The molecule has 59 heavy (non-hydrogen) atoms. The average molecular weight is 761 g/mol. The minimum absolute atomic E-state index is 0.230. The molecule has 0 N–H and O–H groups in total. The van der Waals surface area contributed by atoms with Crippen LogP contribution in [0.1, 0.15) is 33.4 Å². The molecule has 4 nitrogen and oxygen atoms in total. The molecule has 8 aromatic carbocycles. The summed E-state index contributed by atoms with van der Waals surface area (Å²) in [4.78, 5) is 0. The summed E-state index contributed by atoms with van der Waals surface area (Å²) in [6.45, 7) is 8.44. The molecule has 5 heteroatoms. The third-order valence-corrected chi connectivity index (χ3v) is 11.5. The molecule has 0 fully saturated rings. The van der Waals surface area contributed by atoms with Crippen molar-refractivity contribution in [3.8, 4) is 56.9 Å². The minimum Gasteiger partial charge on any atom is -0.308 e. The fourth-order valence-electron chi connectivity index (χ4n) is 9.19. The van der Waals surface area contributed by atoms with E-state index >= 15 is 4.39 Å². The summed E-state index contributed by atoms with van der Waals surface area (Å²) in [6, 6.07) is 55.7. The second kappa shape index (κ2) is 13.7. The lowest BCUT2D eigenvalue weighted by Crippen LogP contribution is -2.06. The largest absolute Gasteiger partial charge is 0.308 e. The van der Waals surface area contributed by atoms with Crippen molar-refractivity contribution in [3.63, 3.8) is 0 Å². The Bertz CT molecular complexity index is 3240.